The summed E-state index contributed by atoms with van der Waals surface area (Å²) in [5.41, 5.74) is 1.08. The fraction of sp³-hybridized carbons (Fsp3) is 0.409. The van der Waals surface area contributed by atoms with E-state index in [-0.39, 0.29) is 24.3 Å². The van der Waals surface area contributed by atoms with Crippen molar-refractivity contribution < 1.29 is 23.4 Å². The Balaban J connectivity index is 1.67. The number of hydrogen-bond donors (Lipinski definition) is 1. The monoisotopic (exact) mass is 387 g/mol. The molecule has 0 spiro atoms. The molecule has 28 heavy (non-hydrogen) atoms. The van der Waals surface area contributed by atoms with Gasteiger partial charge in [-0.05, 0) is 51.0 Å². The van der Waals surface area contributed by atoms with E-state index in [9.17, 15) is 9.18 Å². The molecule has 0 aromatic heterocycles. The molecule has 0 saturated heterocycles. The predicted molar refractivity (Wildman–Crippen MR) is 104 cm³/mol. The predicted octanol–water partition coefficient (Wildman–Crippen LogP) is 4.79. The van der Waals surface area contributed by atoms with Crippen LogP contribution in [0.25, 0.3) is 0 Å². The lowest BCUT2D eigenvalue weighted by atomic mass is 10.1. The summed E-state index contributed by atoms with van der Waals surface area (Å²) in [7, 11) is 1.60. The topological polar surface area (TPSA) is 56.8 Å². The average molecular weight is 387 g/mol. The number of carbonyl (C=O) groups is 1. The highest BCUT2D eigenvalue weighted by atomic mass is 19.1. The largest absolute Gasteiger partial charge is 0.497 e. The van der Waals surface area contributed by atoms with Gasteiger partial charge in [-0.2, -0.15) is 0 Å². The molecule has 1 aliphatic carbocycles. The van der Waals surface area contributed by atoms with Crippen LogP contribution in [0.2, 0.25) is 0 Å². The van der Waals surface area contributed by atoms with Crippen LogP contribution in [0.3, 0.4) is 0 Å². The summed E-state index contributed by atoms with van der Waals surface area (Å²) in [5, 5.41) is 2.84. The molecule has 0 bridgehead atoms. The maximum atomic E-state index is 14.4. The van der Waals surface area contributed by atoms with Gasteiger partial charge in [0.2, 0.25) is 0 Å². The van der Waals surface area contributed by atoms with Crippen LogP contribution >= 0.6 is 0 Å². The van der Waals surface area contributed by atoms with Crippen molar-refractivity contribution >= 4 is 6.09 Å². The van der Waals surface area contributed by atoms with Gasteiger partial charge in [0.05, 0.1) is 7.11 Å². The lowest BCUT2D eigenvalue weighted by Crippen LogP contribution is -2.34. The third-order valence-electron chi connectivity index (χ3n) is 4.41. The van der Waals surface area contributed by atoms with Crippen LogP contribution in [0.5, 0.6) is 11.5 Å². The van der Waals surface area contributed by atoms with Gasteiger partial charge in [-0.25, -0.2) is 9.18 Å². The number of nitrogens with one attached hydrogen (secondary N) is 1. The number of carbonyl (C=O) groups excluding carboxylic acids is 1. The smallest absolute Gasteiger partial charge is 0.407 e. The highest BCUT2D eigenvalue weighted by Crippen LogP contribution is 2.45. The number of rotatable bonds is 6. The van der Waals surface area contributed by atoms with E-state index in [1.54, 1.807) is 13.2 Å². The lowest BCUT2D eigenvalue weighted by Gasteiger charge is -2.20. The minimum Gasteiger partial charge on any atom is -0.497 e. The van der Waals surface area contributed by atoms with Gasteiger partial charge < -0.3 is 19.5 Å². The number of benzene rings is 2. The van der Waals surface area contributed by atoms with E-state index in [1.807, 2.05) is 51.1 Å². The van der Waals surface area contributed by atoms with Crippen molar-refractivity contribution in [2.75, 3.05) is 7.11 Å². The van der Waals surface area contributed by atoms with E-state index in [1.165, 1.54) is 6.07 Å². The molecule has 2 aromatic carbocycles. The number of methoxy groups -OCH3 is 1. The van der Waals surface area contributed by atoms with E-state index >= 15 is 0 Å². The zero-order valence-electron chi connectivity index (χ0n) is 16.6. The minimum absolute atomic E-state index is 0.00327. The van der Waals surface area contributed by atoms with Crippen molar-refractivity contribution in [1.29, 1.82) is 0 Å². The molecule has 1 N–H and O–H groups in total. The summed E-state index contributed by atoms with van der Waals surface area (Å²) >= 11 is 0. The zero-order chi connectivity index (χ0) is 20.3. The highest BCUT2D eigenvalue weighted by molar-refractivity contribution is 5.69. The van der Waals surface area contributed by atoms with Gasteiger partial charge in [-0.1, -0.05) is 24.3 Å². The maximum absolute atomic E-state index is 14.4. The molecule has 1 amide bonds. The molecule has 1 aliphatic rings. The van der Waals surface area contributed by atoms with Crippen molar-refractivity contribution in [2.45, 2.75) is 51.4 Å². The quantitative estimate of drug-likeness (QED) is 0.774. The van der Waals surface area contributed by atoms with Crippen molar-refractivity contribution in [3.05, 3.63) is 59.4 Å². The Morgan fingerprint density at radius 3 is 2.68 bits per heavy atom. The SMILES string of the molecule is COc1cccc(COc2c(F)cccc2C2CC2NC(=O)OC(C)(C)C)c1. The maximum Gasteiger partial charge on any atom is 0.407 e. The summed E-state index contributed by atoms with van der Waals surface area (Å²) in [4.78, 5) is 12.0. The van der Waals surface area contributed by atoms with Crippen LogP contribution in [0.4, 0.5) is 9.18 Å². The summed E-state index contributed by atoms with van der Waals surface area (Å²) in [6.45, 7) is 5.66. The molecule has 5 nitrogen and oxygen atoms in total. The van der Waals surface area contributed by atoms with Gasteiger partial charge in [0.15, 0.2) is 11.6 Å². The van der Waals surface area contributed by atoms with Crippen molar-refractivity contribution in [1.82, 2.24) is 5.32 Å². The van der Waals surface area contributed by atoms with Crippen LogP contribution in [-0.2, 0) is 11.3 Å². The number of amides is 1. The van der Waals surface area contributed by atoms with E-state index < -0.39 is 17.5 Å². The number of ether oxygens (including phenoxy) is 3. The van der Waals surface area contributed by atoms with Gasteiger partial charge in [-0.3, -0.25) is 0 Å². The van der Waals surface area contributed by atoms with E-state index in [4.69, 9.17) is 14.2 Å². The Morgan fingerprint density at radius 2 is 1.96 bits per heavy atom. The molecule has 6 heteroatoms. The van der Waals surface area contributed by atoms with Crippen LogP contribution in [0.1, 0.15) is 44.2 Å². The first-order valence-electron chi connectivity index (χ1n) is 9.30. The Morgan fingerprint density at radius 1 is 1.21 bits per heavy atom. The van der Waals surface area contributed by atoms with Gasteiger partial charge in [0.1, 0.15) is 18.0 Å². The molecule has 2 unspecified atom stereocenters. The van der Waals surface area contributed by atoms with Gasteiger partial charge in [-0.15, -0.1) is 0 Å². The molecule has 0 heterocycles. The second kappa shape index (κ2) is 8.09. The standard InChI is InChI=1S/C22H26FNO4/c1-22(2,3)28-21(25)24-19-12-17(19)16-9-6-10-18(23)20(16)27-13-14-7-5-8-15(11-14)26-4/h5-11,17,19H,12-13H2,1-4H3,(H,24,25). The summed E-state index contributed by atoms with van der Waals surface area (Å²) in [6, 6.07) is 12.2. The summed E-state index contributed by atoms with van der Waals surface area (Å²) in [5.74, 6) is 0.536. The van der Waals surface area contributed by atoms with Gasteiger partial charge in [0, 0.05) is 17.5 Å². The van der Waals surface area contributed by atoms with E-state index in [0.717, 1.165) is 23.3 Å². The summed E-state index contributed by atoms with van der Waals surface area (Å²) < 4.78 is 30.7. The molecule has 2 atom stereocenters. The Bertz CT molecular complexity index is 847. The first-order valence-corrected chi connectivity index (χ1v) is 9.30. The van der Waals surface area contributed by atoms with Crippen molar-refractivity contribution in [3.63, 3.8) is 0 Å². The molecular formula is C22H26FNO4. The first-order chi connectivity index (χ1) is 13.3. The van der Waals surface area contributed by atoms with Crippen molar-refractivity contribution in [3.8, 4) is 11.5 Å². The minimum atomic E-state index is -0.557. The lowest BCUT2D eigenvalue weighted by molar-refractivity contribution is 0.0522. The Kier molecular flexibility index (Phi) is 5.77. The third kappa shape index (κ3) is 5.15. The Hall–Kier alpha value is -2.76. The fourth-order valence-corrected chi connectivity index (χ4v) is 3.04. The third-order valence-corrected chi connectivity index (χ3v) is 4.41. The molecule has 3 rings (SSSR count). The first kappa shape index (κ1) is 20.0. The average Bonchev–Trinajstić information content (AvgIpc) is 3.37. The Labute approximate surface area is 164 Å². The number of para-hydroxylation sites is 1. The van der Waals surface area contributed by atoms with Gasteiger partial charge in [0.25, 0.3) is 0 Å². The number of alkyl carbamates (subject to hydrolysis) is 1. The van der Waals surface area contributed by atoms with Crippen LogP contribution < -0.4 is 14.8 Å². The molecule has 1 fully saturated rings. The molecule has 0 radical (unpaired) electrons. The van der Waals surface area contributed by atoms with Crippen LogP contribution in [0, 0.1) is 5.82 Å². The zero-order valence-corrected chi connectivity index (χ0v) is 16.6. The number of halogens is 1. The molecule has 150 valence electrons. The molecular weight excluding hydrogens is 361 g/mol. The normalized spacial score (nSPS) is 18.3. The molecule has 0 aliphatic heterocycles. The second-order valence-electron chi connectivity index (χ2n) is 7.89. The van der Waals surface area contributed by atoms with Gasteiger partial charge >= 0.3 is 6.09 Å². The fourth-order valence-electron chi connectivity index (χ4n) is 3.04. The number of hydrogen-bond acceptors (Lipinski definition) is 4. The van der Waals surface area contributed by atoms with E-state index in [2.05, 4.69) is 5.32 Å². The highest BCUT2D eigenvalue weighted by Gasteiger charge is 2.42. The molecule has 1 saturated carbocycles. The van der Waals surface area contributed by atoms with E-state index in [0.29, 0.717) is 0 Å². The second-order valence-corrected chi connectivity index (χ2v) is 7.89. The van der Waals surface area contributed by atoms with Crippen LogP contribution in [-0.4, -0.2) is 24.8 Å². The van der Waals surface area contributed by atoms with Crippen LogP contribution in [0.15, 0.2) is 42.5 Å². The summed E-state index contributed by atoms with van der Waals surface area (Å²) in [6.07, 6.45) is 0.258. The van der Waals surface area contributed by atoms with Crippen molar-refractivity contribution in [2.24, 2.45) is 0 Å². The molecule has 2 aromatic rings.